The van der Waals surface area contributed by atoms with E-state index in [1.165, 1.54) is 0 Å². The van der Waals surface area contributed by atoms with Gasteiger partial charge in [0.25, 0.3) is 0 Å². The Balaban J connectivity index is 3.28. The van der Waals surface area contributed by atoms with Crippen molar-refractivity contribution in [2.45, 2.75) is 17.6 Å². The Morgan fingerprint density at radius 2 is 1.87 bits per heavy atom. The molecule has 8 nitrogen and oxygen atoms in total. The van der Waals surface area contributed by atoms with E-state index in [0.717, 1.165) is 0 Å². The van der Waals surface area contributed by atoms with Gasteiger partial charge in [0.05, 0.1) is 0 Å². The zero-order chi connectivity index (χ0) is 11.9. The third kappa shape index (κ3) is 1.65. The van der Waals surface area contributed by atoms with Crippen LogP contribution in [0.15, 0.2) is 0 Å². The van der Waals surface area contributed by atoms with Crippen LogP contribution in [0.3, 0.4) is 0 Å². The smallest absolute Gasteiger partial charge is 0.345 e. The lowest BCUT2D eigenvalue weighted by Gasteiger charge is -2.28. The van der Waals surface area contributed by atoms with Crippen molar-refractivity contribution in [3.63, 3.8) is 0 Å². The summed E-state index contributed by atoms with van der Waals surface area (Å²) in [6.45, 7) is -0.0611. The summed E-state index contributed by atoms with van der Waals surface area (Å²) in [7, 11) is -5.05. The highest BCUT2D eigenvalue weighted by Crippen LogP contribution is 2.56. The summed E-state index contributed by atoms with van der Waals surface area (Å²) in [5.74, 6) is -3.38. The van der Waals surface area contributed by atoms with Crippen molar-refractivity contribution in [2.75, 3.05) is 6.54 Å². The lowest BCUT2D eigenvalue weighted by atomic mass is 10.00. The maximum Gasteiger partial charge on any atom is 0.345 e. The molecule has 1 saturated heterocycles. The molecule has 0 spiro atoms. The second kappa shape index (κ2) is 3.57. The van der Waals surface area contributed by atoms with E-state index in [1.54, 1.807) is 0 Å². The molecular formula is C6H10NO7P. The Hall–Kier alpha value is -0.950. The maximum atomic E-state index is 11.1. The third-order valence-corrected chi connectivity index (χ3v) is 4.18. The predicted molar refractivity (Wildman–Crippen MR) is 46.5 cm³/mol. The van der Waals surface area contributed by atoms with Crippen molar-refractivity contribution in [3.05, 3.63) is 0 Å². The number of carboxylic acids is 2. The van der Waals surface area contributed by atoms with E-state index in [1.807, 2.05) is 0 Å². The first-order valence-electron chi connectivity index (χ1n) is 3.98. The van der Waals surface area contributed by atoms with Crippen molar-refractivity contribution < 1.29 is 34.2 Å². The van der Waals surface area contributed by atoms with Crippen LogP contribution < -0.4 is 5.32 Å². The van der Waals surface area contributed by atoms with Gasteiger partial charge in [0, 0.05) is 0 Å². The molecule has 0 radical (unpaired) electrons. The summed E-state index contributed by atoms with van der Waals surface area (Å²) in [6, 6.07) is -1.77. The zero-order valence-electron chi connectivity index (χ0n) is 7.45. The second-order valence-electron chi connectivity index (χ2n) is 3.25. The van der Waals surface area contributed by atoms with Crippen LogP contribution in [0.1, 0.15) is 6.42 Å². The van der Waals surface area contributed by atoms with E-state index in [-0.39, 0.29) is 6.54 Å². The molecule has 0 aromatic carbocycles. The Kier molecular flexibility index (Phi) is 2.88. The van der Waals surface area contributed by atoms with Crippen molar-refractivity contribution in [2.24, 2.45) is 0 Å². The summed E-state index contributed by atoms with van der Waals surface area (Å²) < 4.78 is 11.1. The molecule has 1 rings (SSSR count). The van der Waals surface area contributed by atoms with Gasteiger partial charge < -0.3 is 25.3 Å². The topological polar surface area (TPSA) is 144 Å². The molecule has 0 amide bonds. The normalized spacial score (nSPS) is 31.5. The largest absolute Gasteiger partial charge is 0.480 e. The summed E-state index contributed by atoms with van der Waals surface area (Å²) in [5, 5.41) is 17.2. The van der Waals surface area contributed by atoms with Crippen LogP contribution >= 0.6 is 7.60 Å². The molecule has 1 aliphatic rings. The molecule has 0 aliphatic carbocycles. The Labute approximate surface area is 84.1 Å². The fraction of sp³-hybridized carbons (Fsp3) is 0.667. The number of nitrogens with one attached hydrogen (secondary N) is 1. The van der Waals surface area contributed by atoms with Crippen molar-refractivity contribution in [1.29, 1.82) is 0 Å². The molecule has 15 heavy (non-hydrogen) atoms. The van der Waals surface area contributed by atoms with Gasteiger partial charge in [0.15, 0.2) is 5.16 Å². The summed E-state index contributed by atoms with van der Waals surface area (Å²) >= 11 is 0. The minimum atomic E-state index is -5.05. The lowest BCUT2D eigenvalue weighted by molar-refractivity contribution is -0.148. The van der Waals surface area contributed by atoms with Gasteiger partial charge in [-0.3, -0.25) is 14.2 Å². The third-order valence-electron chi connectivity index (χ3n) is 2.47. The molecule has 0 saturated carbocycles. The fourth-order valence-corrected chi connectivity index (χ4v) is 2.87. The van der Waals surface area contributed by atoms with Gasteiger partial charge in [-0.2, -0.15) is 0 Å². The van der Waals surface area contributed by atoms with Crippen molar-refractivity contribution >= 4 is 19.5 Å². The summed E-state index contributed by atoms with van der Waals surface area (Å²) in [4.78, 5) is 39.6. The minimum Gasteiger partial charge on any atom is -0.480 e. The van der Waals surface area contributed by atoms with Crippen LogP contribution in [-0.2, 0) is 14.2 Å². The number of hydrogen-bond donors (Lipinski definition) is 5. The zero-order valence-corrected chi connectivity index (χ0v) is 8.35. The average molecular weight is 239 g/mol. The molecule has 5 N–H and O–H groups in total. The van der Waals surface area contributed by atoms with Gasteiger partial charge in [-0.15, -0.1) is 0 Å². The SMILES string of the molecule is O=C(O)C1NCCC1(C(=O)O)P(=O)(O)O. The van der Waals surface area contributed by atoms with Crippen molar-refractivity contribution in [1.82, 2.24) is 5.32 Å². The second-order valence-corrected chi connectivity index (χ2v) is 5.13. The van der Waals surface area contributed by atoms with E-state index >= 15 is 0 Å². The molecule has 0 aromatic heterocycles. The first kappa shape index (κ1) is 12.1. The molecule has 2 atom stereocenters. The molecule has 2 unspecified atom stereocenters. The number of aliphatic carboxylic acids is 2. The standard InChI is InChI=1S/C6H10NO7P/c8-4(9)3-6(5(10)11,1-2-7-3)15(12,13)14/h3,7H,1-2H2,(H,8,9)(H,10,11)(H2,12,13,14). The number of carboxylic acid groups (broad SMARTS) is 2. The monoisotopic (exact) mass is 239 g/mol. The van der Waals surface area contributed by atoms with E-state index in [4.69, 9.17) is 20.0 Å². The van der Waals surface area contributed by atoms with E-state index in [9.17, 15) is 14.2 Å². The Bertz CT molecular complexity index is 349. The fourth-order valence-electron chi connectivity index (χ4n) is 1.68. The van der Waals surface area contributed by atoms with Gasteiger partial charge in [-0.25, -0.2) is 0 Å². The molecule has 1 fully saturated rings. The van der Waals surface area contributed by atoms with Crippen LogP contribution in [0.25, 0.3) is 0 Å². The van der Waals surface area contributed by atoms with Crippen LogP contribution in [0.4, 0.5) is 0 Å². The van der Waals surface area contributed by atoms with Crippen molar-refractivity contribution in [3.8, 4) is 0 Å². The molecule has 0 aromatic rings. The molecule has 0 bridgehead atoms. The minimum absolute atomic E-state index is 0.0611. The average Bonchev–Trinajstić information content (AvgIpc) is 2.45. The van der Waals surface area contributed by atoms with Crippen LogP contribution in [0.5, 0.6) is 0 Å². The molecule has 1 aliphatic heterocycles. The summed E-state index contributed by atoms with van der Waals surface area (Å²) in [5.41, 5.74) is 0. The highest BCUT2D eigenvalue weighted by molar-refractivity contribution is 7.55. The highest BCUT2D eigenvalue weighted by atomic mass is 31.2. The van der Waals surface area contributed by atoms with E-state index in [0.29, 0.717) is 0 Å². The molecular weight excluding hydrogens is 229 g/mol. The van der Waals surface area contributed by atoms with Gasteiger partial charge >= 0.3 is 19.5 Å². The van der Waals surface area contributed by atoms with Crippen LogP contribution in [0, 0.1) is 0 Å². The Morgan fingerprint density at radius 1 is 1.33 bits per heavy atom. The first-order chi connectivity index (χ1) is 6.73. The molecule has 1 heterocycles. The molecule has 86 valence electrons. The van der Waals surface area contributed by atoms with Gasteiger partial charge in [0.2, 0.25) is 0 Å². The van der Waals surface area contributed by atoms with Crippen LogP contribution in [-0.4, -0.2) is 49.7 Å². The molecule has 9 heteroatoms. The van der Waals surface area contributed by atoms with Gasteiger partial charge in [-0.1, -0.05) is 0 Å². The first-order valence-corrected chi connectivity index (χ1v) is 5.60. The van der Waals surface area contributed by atoms with Crippen LogP contribution in [0.2, 0.25) is 0 Å². The van der Waals surface area contributed by atoms with Gasteiger partial charge in [0.1, 0.15) is 6.04 Å². The predicted octanol–water partition coefficient (Wildman–Crippen LogP) is -1.57. The van der Waals surface area contributed by atoms with E-state index in [2.05, 4.69) is 5.32 Å². The number of hydrogen-bond acceptors (Lipinski definition) is 4. The number of rotatable bonds is 3. The quantitative estimate of drug-likeness (QED) is 0.371. The highest BCUT2D eigenvalue weighted by Gasteiger charge is 2.64. The lowest BCUT2D eigenvalue weighted by Crippen LogP contribution is -2.53. The Morgan fingerprint density at radius 3 is 2.13 bits per heavy atom. The maximum absolute atomic E-state index is 11.1. The van der Waals surface area contributed by atoms with Gasteiger partial charge in [-0.05, 0) is 13.0 Å². The van der Waals surface area contributed by atoms with E-state index < -0.39 is 37.2 Å². The summed E-state index contributed by atoms with van der Waals surface area (Å²) in [6.07, 6.45) is -0.413. The number of carbonyl (C=O) groups is 2.